The molecule has 1 atom stereocenters. The molecule has 3 rings (SSSR count). The highest BCUT2D eigenvalue weighted by Gasteiger charge is 2.25. The van der Waals surface area contributed by atoms with Gasteiger partial charge in [0, 0.05) is 14.1 Å². The first-order valence-corrected chi connectivity index (χ1v) is 7.09. The summed E-state index contributed by atoms with van der Waals surface area (Å²) in [5.41, 5.74) is 1.36. The van der Waals surface area contributed by atoms with Crippen molar-refractivity contribution in [3.05, 3.63) is 61.8 Å². The largest absolute Gasteiger partial charge is 0.363 e. The van der Waals surface area contributed by atoms with Crippen LogP contribution < -0.4 is 16.6 Å². The van der Waals surface area contributed by atoms with E-state index in [2.05, 4.69) is 11.4 Å². The minimum absolute atomic E-state index is 0.000932. The normalized spacial score (nSPS) is 16.1. The first kappa shape index (κ1) is 14.1. The molecule has 2 aromatic rings. The maximum atomic E-state index is 12.1. The number of nitrogens with one attached hydrogen (secondary N) is 1. The van der Waals surface area contributed by atoms with Crippen LogP contribution in [0.15, 0.2) is 33.9 Å². The van der Waals surface area contributed by atoms with Crippen LogP contribution in [0.25, 0.3) is 0 Å². The molecule has 6 nitrogen and oxygen atoms in total. The Kier molecular flexibility index (Phi) is 3.33. The minimum Gasteiger partial charge on any atom is -0.363 e. The SMILES string of the molecule is Cn1c(N[C@@H]2CCc3ccccc32)c(C#N)c(=O)n(C)c1=O. The lowest BCUT2D eigenvalue weighted by atomic mass is 10.1. The summed E-state index contributed by atoms with van der Waals surface area (Å²) in [6.45, 7) is 0. The van der Waals surface area contributed by atoms with Crippen LogP contribution in [0.4, 0.5) is 5.82 Å². The van der Waals surface area contributed by atoms with Gasteiger partial charge in [-0.05, 0) is 24.0 Å². The summed E-state index contributed by atoms with van der Waals surface area (Å²) in [6.07, 6.45) is 1.81. The number of benzene rings is 1. The van der Waals surface area contributed by atoms with Gasteiger partial charge in [-0.3, -0.25) is 13.9 Å². The molecule has 1 aliphatic rings. The van der Waals surface area contributed by atoms with Crippen molar-refractivity contribution in [2.45, 2.75) is 18.9 Å². The summed E-state index contributed by atoms with van der Waals surface area (Å²) in [5, 5.41) is 12.5. The highest BCUT2D eigenvalue weighted by molar-refractivity contribution is 5.53. The fourth-order valence-corrected chi connectivity index (χ4v) is 2.99. The van der Waals surface area contributed by atoms with Crippen LogP contribution in [0.5, 0.6) is 0 Å². The molecule has 112 valence electrons. The molecule has 0 saturated carbocycles. The summed E-state index contributed by atoms with van der Waals surface area (Å²) < 4.78 is 2.27. The number of anilines is 1. The van der Waals surface area contributed by atoms with Crippen molar-refractivity contribution >= 4 is 5.82 Å². The van der Waals surface area contributed by atoms with Gasteiger partial charge in [0.15, 0.2) is 5.56 Å². The maximum absolute atomic E-state index is 12.1. The van der Waals surface area contributed by atoms with Gasteiger partial charge < -0.3 is 5.32 Å². The zero-order valence-electron chi connectivity index (χ0n) is 12.5. The molecule has 0 saturated heterocycles. The van der Waals surface area contributed by atoms with Crippen molar-refractivity contribution in [1.29, 1.82) is 5.26 Å². The van der Waals surface area contributed by atoms with Crippen molar-refractivity contribution in [1.82, 2.24) is 9.13 Å². The molecule has 1 heterocycles. The van der Waals surface area contributed by atoms with E-state index in [1.807, 2.05) is 24.3 Å². The third kappa shape index (κ3) is 2.02. The lowest BCUT2D eigenvalue weighted by Crippen LogP contribution is -2.40. The smallest absolute Gasteiger partial charge is 0.332 e. The molecule has 6 heteroatoms. The van der Waals surface area contributed by atoms with Gasteiger partial charge in [0.1, 0.15) is 11.9 Å². The topological polar surface area (TPSA) is 79.8 Å². The minimum atomic E-state index is -0.570. The average Bonchev–Trinajstić information content (AvgIpc) is 2.94. The maximum Gasteiger partial charge on any atom is 0.332 e. The van der Waals surface area contributed by atoms with E-state index in [4.69, 9.17) is 0 Å². The zero-order chi connectivity index (χ0) is 15.9. The van der Waals surface area contributed by atoms with Crippen molar-refractivity contribution in [2.24, 2.45) is 14.1 Å². The third-order valence-corrected chi connectivity index (χ3v) is 4.22. The van der Waals surface area contributed by atoms with E-state index < -0.39 is 11.2 Å². The summed E-state index contributed by atoms with van der Waals surface area (Å²) in [6, 6.07) is 9.98. The molecule has 1 aliphatic carbocycles. The lowest BCUT2D eigenvalue weighted by Gasteiger charge is -2.19. The van der Waals surface area contributed by atoms with Gasteiger partial charge in [-0.15, -0.1) is 0 Å². The number of aryl methyl sites for hydroxylation is 1. The van der Waals surface area contributed by atoms with Gasteiger partial charge in [-0.1, -0.05) is 24.3 Å². The standard InChI is InChI=1S/C16H16N4O2/c1-19-14(12(9-17)15(21)20(2)16(19)22)18-13-8-7-10-5-3-4-6-11(10)13/h3-6,13,18H,7-8H2,1-2H3/t13-/m1/s1. The van der Waals surface area contributed by atoms with Crippen LogP contribution in [0, 0.1) is 11.3 Å². The Labute approximate surface area is 127 Å². The molecular formula is C16H16N4O2. The second-order valence-corrected chi connectivity index (χ2v) is 5.48. The molecule has 0 aliphatic heterocycles. The van der Waals surface area contributed by atoms with E-state index >= 15 is 0 Å². The molecule has 0 spiro atoms. The van der Waals surface area contributed by atoms with E-state index in [1.54, 1.807) is 7.05 Å². The van der Waals surface area contributed by atoms with Crippen LogP contribution in [-0.4, -0.2) is 9.13 Å². The molecule has 0 amide bonds. The van der Waals surface area contributed by atoms with Crippen LogP contribution in [-0.2, 0) is 20.5 Å². The van der Waals surface area contributed by atoms with Crippen LogP contribution in [0.2, 0.25) is 0 Å². The Morgan fingerprint density at radius 3 is 2.68 bits per heavy atom. The number of hydrogen-bond donors (Lipinski definition) is 1. The highest BCUT2D eigenvalue weighted by atomic mass is 16.2. The van der Waals surface area contributed by atoms with Gasteiger partial charge in [-0.2, -0.15) is 5.26 Å². The van der Waals surface area contributed by atoms with Gasteiger partial charge in [0.05, 0.1) is 6.04 Å². The van der Waals surface area contributed by atoms with E-state index in [-0.39, 0.29) is 17.4 Å². The molecule has 22 heavy (non-hydrogen) atoms. The average molecular weight is 296 g/mol. The third-order valence-electron chi connectivity index (χ3n) is 4.22. The Morgan fingerprint density at radius 2 is 1.95 bits per heavy atom. The predicted octanol–water partition coefficient (Wildman–Crippen LogP) is 1.06. The van der Waals surface area contributed by atoms with Gasteiger partial charge in [0.2, 0.25) is 0 Å². The summed E-state index contributed by atoms with van der Waals surface area (Å²) in [5.74, 6) is 0.289. The molecule has 1 aromatic carbocycles. The number of rotatable bonds is 2. The van der Waals surface area contributed by atoms with Crippen LogP contribution >= 0.6 is 0 Å². The fourth-order valence-electron chi connectivity index (χ4n) is 2.99. The van der Waals surface area contributed by atoms with Crippen LogP contribution in [0.3, 0.4) is 0 Å². The first-order chi connectivity index (χ1) is 10.5. The Hall–Kier alpha value is -2.81. The Bertz CT molecular complexity index is 902. The summed E-state index contributed by atoms with van der Waals surface area (Å²) in [7, 11) is 2.94. The zero-order valence-corrected chi connectivity index (χ0v) is 12.5. The van der Waals surface area contributed by atoms with Crippen molar-refractivity contribution < 1.29 is 0 Å². The van der Waals surface area contributed by atoms with E-state index in [0.717, 1.165) is 23.0 Å². The Morgan fingerprint density at radius 1 is 1.23 bits per heavy atom. The molecule has 0 bridgehead atoms. The van der Waals surface area contributed by atoms with E-state index in [1.165, 1.54) is 17.2 Å². The first-order valence-electron chi connectivity index (χ1n) is 7.09. The second kappa shape index (κ2) is 5.19. The van der Waals surface area contributed by atoms with Crippen molar-refractivity contribution in [2.75, 3.05) is 5.32 Å². The molecule has 1 aromatic heterocycles. The Balaban J connectivity index is 2.10. The van der Waals surface area contributed by atoms with Crippen LogP contribution in [0.1, 0.15) is 29.2 Å². The quantitative estimate of drug-likeness (QED) is 0.898. The van der Waals surface area contributed by atoms with Gasteiger partial charge in [-0.25, -0.2) is 4.79 Å². The van der Waals surface area contributed by atoms with Gasteiger partial charge >= 0.3 is 5.69 Å². The van der Waals surface area contributed by atoms with Crippen molar-refractivity contribution in [3.63, 3.8) is 0 Å². The van der Waals surface area contributed by atoms with Gasteiger partial charge in [0.25, 0.3) is 5.56 Å². The summed E-state index contributed by atoms with van der Waals surface area (Å²) >= 11 is 0. The molecule has 0 fully saturated rings. The van der Waals surface area contributed by atoms with E-state index in [9.17, 15) is 14.9 Å². The number of fused-ring (bicyclic) bond motifs is 1. The predicted molar refractivity (Wildman–Crippen MR) is 82.8 cm³/mol. The lowest BCUT2D eigenvalue weighted by molar-refractivity contribution is 0.668. The molecule has 0 radical (unpaired) electrons. The number of hydrogen-bond acceptors (Lipinski definition) is 4. The molecular weight excluding hydrogens is 280 g/mol. The summed E-state index contributed by atoms with van der Waals surface area (Å²) in [4.78, 5) is 24.2. The fraction of sp³-hybridized carbons (Fsp3) is 0.312. The highest BCUT2D eigenvalue weighted by Crippen LogP contribution is 2.33. The second-order valence-electron chi connectivity index (χ2n) is 5.48. The number of nitriles is 1. The van der Waals surface area contributed by atoms with E-state index in [0.29, 0.717) is 0 Å². The molecule has 1 N–H and O–H groups in total. The number of aromatic nitrogens is 2. The number of nitrogens with zero attached hydrogens (tertiary/aromatic N) is 3. The molecule has 0 unspecified atom stereocenters. The monoisotopic (exact) mass is 296 g/mol. The van der Waals surface area contributed by atoms with Crippen molar-refractivity contribution in [3.8, 4) is 6.07 Å².